The van der Waals surface area contributed by atoms with Gasteiger partial charge in [-0.25, -0.2) is 8.42 Å². The molecule has 30 heavy (non-hydrogen) atoms. The van der Waals surface area contributed by atoms with Crippen LogP contribution in [0, 0.1) is 0 Å². The van der Waals surface area contributed by atoms with Gasteiger partial charge in [0.05, 0.1) is 17.2 Å². The van der Waals surface area contributed by atoms with Gasteiger partial charge >= 0.3 is 0 Å². The fraction of sp³-hybridized carbons (Fsp3) is 0.364. The van der Waals surface area contributed by atoms with E-state index in [1.165, 1.54) is 31.0 Å². The Hall–Kier alpha value is -2.16. The maximum Gasteiger partial charge on any atom is 0.195 e. The van der Waals surface area contributed by atoms with Gasteiger partial charge < -0.3 is 0 Å². The van der Waals surface area contributed by atoms with Crippen molar-refractivity contribution in [1.29, 1.82) is 0 Å². The van der Waals surface area contributed by atoms with Crippen LogP contribution in [0.2, 0.25) is 0 Å². The van der Waals surface area contributed by atoms with Crippen molar-refractivity contribution < 1.29 is 8.42 Å². The molecule has 2 aromatic carbocycles. The van der Waals surface area contributed by atoms with E-state index in [0.29, 0.717) is 10.6 Å². The van der Waals surface area contributed by atoms with E-state index in [-0.39, 0.29) is 5.75 Å². The summed E-state index contributed by atoms with van der Waals surface area (Å²) in [6.45, 7) is 2.92. The van der Waals surface area contributed by atoms with Crippen LogP contribution in [-0.2, 0) is 16.4 Å². The van der Waals surface area contributed by atoms with Gasteiger partial charge in [-0.15, -0.1) is 10.2 Å². The number of nitrogens with zero attached hydrogens (tertiary/aromatic N) is 4. The zero-order chi connectivity index (χ0) is 20.8. The highest BCUT2D eigenvalue weighted by Gasteiger charge is 2.20. The van der Waals surface area contributed by atoms with Gasteiger partial charge in [0, 0.05) is 11.4 Å². The van der Waals surface area contributed by atoms with E-state index in [4.69, 9.17) is 0 Å². The van der Waals surface area contributed by atoms with Gasteiger partial charge in [-0.05, 0) is 50.2 Å². The first-order valence-electron chi connectivity index (χ1n) is 10.3. The zero-order valence-corrected chi connectivity index (χ0v) is 18.5. The van der Waals surface area contributed by atoms with Gasteiger partial charge in [-0.3, -0.25) is 9.47 Å². The van der Waals surface area contributed by atoms with Crippen molar-refractivity contribution in [3.63, 3.8) is 0 Å². The maximum atomic E-state index is 12.6. The van der Waals surface area contributed by atoms with Crippen LogP contribution in [0.1, 0.15) is 25.1 Å². The molecule has 158 valence electrons. The van der Waals surface area contributed by atoms with E-state index in [1.54, 1.807) is 24.3 Å². The van der Waals surface area contributed by atoms with E-state index in [0.717, 1.165) is 36.3 Å². The number of piperidine rings is 1. The van der Waals surface area contributed by atoms with Crippen LogP contribution in [-0.4, -0.2) is 52.7 Å². The lowest BCUT2D eigenvalue weighted by Gasteiger charge is -2.26. The molecular formula is C22H26N4O2S2. The molecule has 0 spiro atoms. The highest BCUT2D eigenvalue weighted by atomic mass is 32.2. The van der Waals surface area contributed by atoms with Gasteiger partial charge in [0.1, 0.15) is 0 Å². The second-order valence-corrected chi connectivity index (χ2v) is 10.6. The van der Waals surface area contributed by atoms with Crippen LogP contribution in [0.4, 0.5) is 0 Å². The molecule has 6 nitrogen and oxygen atoms in total. The van der Waals surface area contributed by atoms with Crippen molar-refractivity contribution in [3.05, 3.63) is 66.5 Å². The molecule has 0 atom stereocenters. The summed E-state index contributed by atoms with van der Waals surface area (Å²) >= 11 is 1.44. The molecule has 1 fully saturated rings. The maximum absolute atomic E-state index is 12.6. The Morgan fingerprint density at radius 3 is 2.23 bits per heavy atom. The van der Waals surface area contributed by atoms with Gasteiger partial charge in [0.2, 0.25) is 0 Å². The monoisotopic (exact) mass is 442 g/mol. The van der Waals surface area contributed by atoms with Crippen LogP contribution < -0.4 is 0 Å². The average molecular weight is 443 g/mol. The summed E-state index contributed by atoms with van der Waals surface area (Å²) in [5.41, 5.74) is 1.00. The largest absolute Gasteiger partial charge is 0.296 e. The molecule has 0 bridgehead atoms. The summed E-state index contributed by atoms with van der Waals surface area (Å²) in [7, 11) is -3.31. The standard InChI is InChI=1S/C22H26N4O2S2/c27-30(28,20-12-6-2-7-13-20)17-16-29-22-24-23-21(18-25-14-8-3-9-15-25)26(22)19-10-4-1-5-11-19/h1-2,4-7,10-13H,3,8-9,14-18H2. The number of hydrogen-bond donors (Lipinski definition) is 0. The number of para-hydroxylation sites is 1. The first-order chi connectivity index (χ1) is 14.6. The molecule has 3 aromatic rings. The lowest BCUT2D eigenvalue weighted by Crippen LogP contribution is -2.30. The Labute approximate surface area is 182 Å². The lowest BCUT2D eigenvalue weighted by atomic mass is 10.1. The Bertz CT molecular complexity index is 1050. The van der Waals surface area contributed by atoms with E-state index in [2.05, 4.69) is 19.7 Å². The topological polar surface area (TPSA) is 68.1 Å². The van der Waals surface area contributed by atoms with E-state index in [1.807, 2.05) is 36.4 Å². The molecule has 0 aliphatic carbocycles. The molecule has 8 heteroatoms. The molecule has 0 N–H and O–H groups in total. The molecule has 1 aliphatic rings. The van der Waals surface area contributed by atoms with Crippen molar-refractivity contribution >= 4 is 21.6 Å². The normalized spacial score (nSPS) is 15.3. The second-order valence-electron chi connectivity index (χ2n) is 7.39. The van der Waals surface area contributed by atoms with Gasteiger partial charge in [0.25, 0.3) is 0 Å². The van der Waals surface area contributed by atoms with Gasteiger partial charge in [-0.2, -0.15) is 0 Å². The lowest BCUT2D eigenvalue weighted by molar-refractivity contribution is 0.214. The van der Waals surface area contributed by atoms with Crippen LogP contribution in [0.5, 0.6) is 0 Å². The molecule has 1 aliphatic heterocycles. The SMILES string of the molecule is O=S(=O)(CCSc1nnc(CN2CCCCC2)n1-c1ccccc1)c1ccccc1. The van der Waals surface area contributed by atoms with Crippen molar-refractivity contribution in [3.8, 4) is 5.69 Å². The molecule has 0 amide bonds. The Morgan fingerprint density at radius 2 is 1.53 bits per heavy atom. The molecule has 1 saturated heterocycles. The minimum absolute atomic E-state index is 0.0603. The number of likely N-dealkylation sites (tertiary alicyclic amines) is 1. The smallest absolute Gasteiger partial charge is 0.195 e. The van der Waals surface area contributed by atoms with Gasteiger partial charge in [-0.1, -0.05) is 54.6 Å². The zero-order valence-electron chi connectivity index (χ0n) is 16.9. The summed E-state index contributed by atoms with van der Waals surface area (Å²) in [4.78, 5) is 2.78. The van der Waals surface area contributed by atoms with Crippen LogP contribution >= 0.6 is 11.8 Å². The van der Waals surface area contributed by atoms with E-state index < -0.39 is 9.84 Å². The second kappa shape index (κ2) is 9.76. The highest BCUT2D eigenvalue weighted by molar-refractivity contribution is 8.00. The predicted octanol–water partition coefficient (Wildman–Crippen LogP) is 3.82. The van der Waals surface area contributed by atoms with Crippen LogP contribution in [0.3, 0.4) is 0 Å². The number of rotatable bonds is 8. The third-order valence-corrected chi connectivity index (χ3v) is 8.14. The minimum atomic E-state index is -3.31. The Kier molecular flexibility index (Phi) is 6.86. The summed E-state index contributed by atoms with van der Waals surface area (Å²) in [6, 6.07) is 18.6. The van der Waals surface area contributed by atoms with Crippen molar-refractivity contribution in [1.82, 2.24) is 19.7 Å². The van der Waals surface area contributed by atoms with Crippen molar-refractivity contribution in [2.75, 3.05) is 24.6 Å². The molecule has 4 rings (SSSR count). The minimum Gasteiger partial charge on any atom is -0.296 e. The van der Waals surface area contributed by atoms with Crippen LogP contribution in [0.25, 0.3) is 5.69 Å². The summed E-state index contributed by atoms with van der Waals surface area (Å²) in [5.74, 6) is 1.38. The average Bonchev–Trinajstić information content (AvgIpc) is 3.18. The first kappa shape index (κ1) is 21.1. The number of thioether (sulfide) groups is 1. The summed E-state index contributed by atoms with van der Waals surface area (Å²) in [5, 5.41) is 9.60. The molecular weight excluding hydrogens is 416 g/mol. The van der Waals surface area contributed by atoms with E-state index in [9.17, 15) is 8.42 Å². The molecule has 0 saturated carbocycles. The van der Waals surface area contributed by atoms with Crippen molar-refractivity contribution in [2.24, 2.45) is 0 Å². The number of hydrogen-bond acceptors (Lipinski definition) is 6. The number of sulfone groups is 1. The fourth-order valence-electron chi connectivity index (χ4n) is 3.64. The first-order valence-corrected chi connectivity index (χ1v) is 12.9. The molecule has 1 aromatic heterocycles. The Balaban J connectivity index is 1.51. The third kappa shape index (κ3) is 5.11. The molecule has 0 radical (unpaired) electrons. The van der Waals surface area contributed by atoms with Gasteiger partial charge in [0.15, 0.2) is 20.8 Å². The molecule has 2 heterocycles. The third-order valence-electron chi connectivity index (χ3n) is 5.21. The quantitative estimate of drug-likeness (QED) is 0.494. The highest BCUT2D eigenvalue weighted by Crippen LogP contribution is 2.24. The van der Waals surface area contributed by atoms with E-state index >= 15 is 0 Å². The molecule has 0 unspecified atom stereocenters. The van der Waals surface area contributed by atoms with Crippen LogP contribution in [0.15, 0.2) is 70.7 Å². The van der Waals surface area contributed by atoms with Crippen molar-refractivity contribution in [2.45, 2.75) is 35.9 Å². The number of benzene rings is 2. The summed E-state index contributed by atoms with van der Waals surface area (Å²) in [6.07, 6.45) is 3.73. The summed E-state index contributed by atoms with van der Waals surface area (Å²) < 4.78 is 27.2. The Morgan fingerprint density at radius 1 is 0.867 bits per heavy atom. The predicted molar refractivity (Wildman–Crippen MR) is 120 cm³/mol. The number of aromatic nitrogens is 3. The fourth-order valence-corrected chi connectivity index (χ4v) is 6.28.